The van der Waals surface area contributed by atoms with Gasteiger partial charge in [0.15, 0.2) is 0 Å². The highest BCUT2D eigenvalue weighted by Gasteiger charge is 2.33. The minimum Gasteiger partial charge on any atom is -0.0620 e. The molecule has 0 N–H and O–H groups in total. The van der Waals surface area contributed by atoms with Gasteiger partial charge in [-0.15, -0.1) is 0 Å². The van der Waals surface area contributed by atoms with Crippen LogP contribution in [0.15, 0.2) is 48.5 Å². The van der Waals surface area contributed by atoms with Crippen molar-refractivity contribution in [2.75, 3.05) is 0 Å². The summed E-state index contributed by atoms with van der Waals surface area (Å²) >= 11 is 0. The van der Waals surface area contributed by atoms with Gasteiger partial charge in [-0.3, -0.25) is 0 Å². The van der Waals surface area contributed by atoms with Crippen molar-refractivity contribution in [1.29, 1.82) is 0 Å². The fourth-order valence-electron chi connectivity index (χ4n) is 3.96. The summed E-state index contributed by atoms with van der Waals surface area (Å²) in [7, 11) is 0. The second-order valence-corrected chi connectivity index (χ2v) is 5.78. The van der Waals surface area contributed by atoms with Crippen LogP contribution in [0.1, 0.15) is 34.6 Å². The molecule has 18 heavy (non-hydrogen) atoms. The molecular formula is C18H18. The van der Waals surface area contributed by atoms with Crippen molar-refractivity contribution in [3.63, 3.8) is 0 Å². The normalized spacial score (nSPS) is 24.9. The zero-order chi connectivity index (χ0) is 11.9. The quantitative estimate of drug-likeness (QED) is 0.643. The Morgan fingerprint density at radius 1 is 0.722 bits per heavy atom. The first kappa shape index (κ1) is 10.4. The smallest absolute Gasteiger partial charge is 0.0121 e. The standard InChI is InChI=1S/C18H18/c1-2-6-14-11-16-12-15-7-3-4-8-17(15)18(16)10-9-13(14)5-1/h1-8,16,18H,9-12H2. The third-order valence-corrected chi connectivity index (χ3v) is 4.83. The zero-order valence-corrected chi connectivity index (χ0v) is 10.6. The Morgan fingerprint density at radius 3 is 2.28 bits per heavy atom. The molecule has 0 heteroatoms. The van der Waals surface area contributed by atoms with Crippen molar-refractivity contribution in [1.82, 2.24) is 0 Å². The highest BCUT2D eigenvalue weighted by Crippen LogP contribution is 2.44. The fraction of sp³-hybridized carbons (Fsp3) is 0.333. The highest BCUT2D eigenvalue weighted by atomic mass is 14.4. The van der Waals surface area contributed by atoms with Gasteiger partial charge >= 0.3 is 0 Å². The Balaban J connectivity index is 1.74. The molecular weight excluding hydrogens is 216 g/mol. The Kier molecular flexibility index (Phi) is 2.29. The molecule has 0 aromatic heterocycles. The van der Waals surface area contributed by atoms with Gasteiger partial charge in [-0.1, -0.05) is 48.5 Å². The summed E-state index contributed by atoms with van der Waals surface area (Å²) in [4.78, 5) is 0. The molecule has 2 unspecified atom stereocenters. The summed E-state index contributed by atoms with van der Waals surface area (Å²) < 4.78 is 0. The summed E-state index contributed by atoms with van der Waals surface area (Å²) in [6, 6.07) is 18.1. The van der Waals surface area contributed by atoms with Crippen LogP contribution in [-0.2, 0) is 19.3 Å². The molecule has 2 aliphatic carbocycles. The molecule has 0 heterocycles. The molecule has 0 amide bonds. The van der Waals surface area contributed by atoms with Crippen molar-refractivity contribution in [3.8, 4) is 0 Å². The molecule has 4 rings (SSSR count). The Hall–Kier alpha value is -1.56. The Labute approximate surface area is 109 Å². The summed E-state index contributed by atoms with van der Waals surface area (Å²) in [5, 5.41) is 0. The third kappa shape index (κ3) is 1.52. The maximum Gasteiger partial charge on any atom is -0.0121 e. The first-order valence-electron chi connectivity index (χ1n) is 7.06. The average molecular weight is 234 g/mol. The minimum absolute atomic E-state index is 0.800. The predicted molar refractivity (Wildman–Crippen MR) is 74.8 cm³/mol. The monoisotopic (exact) mass is 234 g/mol. The van der Waals surface area contributed by atoms with Crippen LogP contribution >= 0.6 is 0 Å². The summed E-state index contributed by atoms with van der Waals surface area (Å²) in [6.45, 7) is 0. The second kappa shape index (κ2) is 3.98. The highest BCUT2D eigenvalue weighted by molar-refractivity contribution is 5.39. The molecule has 0 radical (unpaired) electrons. The number of hydrogen-bond acceptors (Lipinski definition) is 0. The Bertz CT molecular complexity index is 576. The van der Waals surface area contributed by atoms with Gasteiger partial charge < -0.3 is 0 Å². The molecule has 0 bridgehead atoms. The molecule has 2 aromatic carbocycles. The lowest BCUT2D eigenvalue weighted by molar-refractivity contribution is 0.446. The van der Waals surface area contributed by atoms with Gasteiger partial charge in [0.05, 0.1) is 0 Å². The number of rotatable bonds is 0. The van der Waals surface area contributed by atoms with Crippen molar-refractivity contribution in [2.45, 2.75) is 31.6 Å². The minimum atomic E-state index is 0.800. The van der Waals surface area contributed by atoms with Crippen molar-refractivity contribution < 1.29 is 0 Å². The van der Waals surface area contributed by atoms with Crippen LogP contribution in [-0.4, -0.2) is 0 Å². The zero-order valence-electron chi connectivity index (χ0n) is 10.6. The largest absolute Gasteiger partial charge is 0.0620 e. The van der Waals surface area contributed by atoms with Crippen LogP contribution in [0.3, 0.4) is 0 Å². The number of benzene rings is 2. The van der Waals surface area contributed by atoms with E-state index < -0.39 is 0 Å². The van der Waals surface area contributed by atoms with Crippen LogP contribution in [0.25, 0.3) is 0 Å². The Morgan fingerprint density at radius 2 is 1.39 bits per heavy atom. The van der Waals surface area contributed by atoms with E-state index in [1.54, 1.807) is 22.3 Å². The first-order valence-corrected chi connectivity index (χ1v) is 7.06. The fourth-order valence-corrected chi connectivity index (χ4v) is 3.96. The van der Waals surface area contributed by atoms with Crippen LogP contribution in [0.5, 0.6) is 0 Å². The third-order valence-electron chi connectivity index (χ3n) is 4.83. The first-order chi connectivity index (χ1) is 8.92. The molecule has 0 nitrogen and oxygen atoms in total. The van der Waals surface area contributed by atoms with E-state index in [0.29, 0.717) is 0 Å². The van der Waals surface area contributed by atoms with E-state index in [1.807, 2.05) is 0 Å². The van der Waals surface area contributed by atoms with E-state index in [9.17, 15) is 0 Å². The summed E-state index contributed by atoms with van der Waals surface area (Å²) in [6.07, 6.45) is 5.15. The molecule has 0 saturated heterocycles. The van der Waals surface area contributed by atoms with E-state index in [4.69, 9.17) is 0 Å². The van der Waals surface area contributed by atoms with E-state index in [1.165, 1.54) is 25.7 Å². The lowest BCUT2D eigenvalue weighted by Crippen LogP contribution is -2.08. The van der Waals surface area contributed by atoms with E-state index in [0.717, 1.165) is 11.8 Å². The average Bonchev–Trinajstić information content (AvgIpc) is 2.65. The van der Waals surface area contributed by atoms with Crippen LogP contribution in [0.2, 0.25) is 0 Å². The SMILES string of the molecule is c1ccc2c(c1)CCC1c3ccccc3CC1C2. The van der Waals surface area contributed by atoms with Gasteiger partial charge in [0.1, 0.15) is 0 Å². The summed E-state index contributed by atoms with van der Waals surface area (Å²) in [5.41, 5.74) is 6.42. The van der Waals surface area contributed by atoms with Crippen molar-refractivity contribution >= 4 is 0 Å². The number of hydrogen-bond donors (Lipinski definition) is 0. The van der Waals surface area contributed by atoms with Gasteiger partial charge in [-0.05, 0) is 59.8 Å². The lowest BCUT2D eigenvalue weighted by Gasteiger charge is -2.16. The lowest BCUT2D eigenvalue weighted by atomic mass is 9.87. The van der Waals surface area contributed by atoms with Crippen LogP contribution < -0.4 is 0 Å². The molecule has 2 aromatic rings. The number of aryl methyl sites for hydroxylation is 1. The molecule has 0 aliphatic heterocycles. The maximum absolute atomic E-state index is 2.36. The second-order valence-electron chi connectivity index (χ2n) is 5.78. The van der Waals surface area contributed by atoms with Crippen LogP contribution in [0.4, 0.5) is 0 Å². The van der Waals surface area contributed by atoms with Gasteiger partial charge in [-0.2, -0.15) is 0 Å². The van der Waals surface area contributed by atoms with Crippen LogP contribution in [0, 0.1) is 5.92 Å². The van der Waals surface area contributed by atoms with Crippen molar-refractivity contribution in [2.24, 2.45) is 5.92 Å². The van der Waals surface area contributed by atoms with E-state index >= 15 is 0 Å². The van der Waals surface area contributed by atoms with Crippen molar-refractivity contribution in [3.05, 3.63) is 70.8 Å². The van der Waals surface area contributed by atoms with Gasteiger partial charge in [-0.25, -0.2) is 0 Å². The molecule has 0 saturated carbocycles. The number of fused-ring (bicyclic) bond motifs is 4. The predicted octanol–water partition coefficient (Wildman–Crippen LogP) is 4.13. The van der Waals surface area contributed by atoms with Gasteiger partial charge in [0.25, 0.3) is 0 Å². The van der Waals surface area contributed by atoms with Gasteiger partial charge in [0.2, 0.25) is 0 Å². The molecule has 2 atom stereocenters. The molecule has 90 valence electrons. The molecule has 2 aliphatic rings. The topological polar surface area (TPSA) is 0 Å². The van der Waals surface area contributed by atoms with Gasteiger partial charge in [0, 0.05) is 0 Å². The van der Waals surface area contributed by atoms with E-state index in [2.05, 4.69) is 48.5 Å². The maximum atomic E-state index is 2.36. The van der Waals surface area contributed by atoms with E-state index in [-0.39, 0.29) is 0 Å². The molecule has 0 spiro atoms. The molecule has 0 fully saturated rings. The summed E-state index contributed by atoms with van der Waals surface area (Å²) in [5.74, 6) is 1.64.